The lowest BCUT2D eigenvalue weighted by Gasteiger charge is -2.39. The molecular formula is C36H41F2N7O5. The number of halogens is 2. The molecule has 50 heavy (non-hydrogen) atoms. The number of anilines is 2. The van der Waals surface area contributed by atoms with Crippen molar-refractivity contribution in [1.29, 1.82) is 10.7 Å². The van der Waals surface area contributed by atoms with Crippen LogP contribution in [0.25, 0.3) is 11.1 Å². The van der Waals surface area contributed by atoms with Gasteiger partial charge in [0.15, 0.2) is 6.61 Å². The quantitative estimate of drug-likeness (QED) is 0.263. The summed E-state index contributed by atoms with van der Waals surface area (Å²) in [6, 6.07) is 7.73. The van der Waals surface area contributed by atoms with Crippen molar-refractivity contribution < 1.29 is 32.6 Å². The number of carbonyl (C=O) groups is 2. The lowest BCUT2D eigenvalue weighted by molar-refractivity contribution is -0.121. The summed E-state index contributed by atoms with van der Waals surface area (Å²) in [6.45, 7) is 9.58. The fraction of sp³-hybridized carbons (Fsp3) is 0.444. The topological polar surface area (TPSA) is 154 Å². The average Bonchev–Trinajstić information content (AvgIpc) is 3.05. The molecule has 2 unspecified atom stereocenters. The van der Waals surface area contributed by atoms with Gasteiger partial charge in [-0.05, 0) is 57.2 Å². The van der Waals surface area contributed by atoms with Crippen molar-refractivity contribution >= 4 is 29.7 Å². The largest absolute Gasteiger partial charge is 0.482 e. The number of aromatic nitrogens is 2. The predicted octanol–water partition coefficient (Wildman–Crippen LogP) is 5.85. The Labute approximate surface area is 289 Å². The number of piperidine rings is 1. The molecule has 2 N–H and O–H groups in total. The number of ether oxygens (including phenoxy) is 3. The van der Waals surface area contributed by atoms with Crippen LogP contribution in [0.3, 0.4) is 0 Å². The highest BCUT2D eigenvalue weighted by molar-refractivity contribution is 6.00. The minimum absolute atomic E-state index is 0.107. The summed E-state index contributed by atoms with van der Waals surface area (Å²) in [5.74, 6) is -1.30. The van der Waals surface area contributed by atoms with Crippen LogP contribution in [-0.2, 0) is 27.2 Å². The van der Waals surface area contributed by atoms with Gasteiger partial charge in [-0.15, -0.1) is 0 Å². The summed E-state index contributed by atoms with van der Waals surface area (Å²) >= 11 is 0. The second kappa shape index (κ2) is 14.8. The zero-order chi connectivity index (χ0) is 36.3. The SMILES string of the molecule is COC1CN(C(=O)OC(C)(C)C)CCC1Nc1nc(CC(C)C)c(C#N)c(-c2ccc3c(c2)OCC(=O)N3Cc2ncc(F)cc2F)c1C=N. The summed E-state index contributed by atoms with van der Waals surface area (Å²) in [6.07, 6.45) is 2.16. The normalized spacial score (nSPS) is 17.6. The van der Waals surface area contributed by atoms with Gasteiger partial charge >= 0.3 is 6.09 Å². The van der Waals surface area contributed by atoms with Gasteiger partial charge in [-0.1, -0.05) is 19.9 Å². The van der Waals surface area contributed by atoms with Crippen LogP contribution in [-0.4, -0.2) is 77.6 Å². The molecule has 2 amide bonds. The Balaban J connectivity index is 1.53. The van der Waals surface area contributed by atoms with Crippen molar-refractivity contribution in [2.45, 2.75) is 71.8 Å². The highest BCUT2D eigenvalue weighted by atomic mass is 19.1. The van der Waals surface area contributed by atoms with Crippen molar-refractivity contribution in [2.24, 2.45) is 5.92 Å². The Morgan fingerprint density at radius 2 is 2.02 bits per heavy atom. The molecule has 2 aliphatic heterocycles. The fourth-order valence-electron chi connectivity index (χ4n) is 6.08. The molecule has 4 heterocycles. The highest BCUT2D eigenvalue weighted by Gasteiger charge is 2.35. The van der Waals surface area contributed by atoms with Crippen LogP contribution in [0.15, 0.2) is 30.5 Å². The van der Waals surface area contributed by atoms with E-state index in [1.165, 1.54) is 4.90 Å². The van der Waals surface area contributed by atoms with E-state index in [1.54, 1.807) is 30.2 Å². The zero-order valence-corrected chi connectivity index (χ0v) is 29.0. The first-order valence-corrected chi connectivity index (χ1v) is 16.3. The van der Waals surface area contributed by atoms with Crippen LogP contribution in [0.2, 0.25) is 0 Å². The minimum atomic E-state index is -0.877. The molecule has 2 aliphatic rings. The Morgan fingerprint density at radius 3 is 2.66 bits per heavy atom. The number of methoxy groups -OCH3 is 1. The number of nitriles is 1. The van der Waals surface area contributed by atoms with Gasteiger partial charge < -0.3 is 29.8 Å². The average molecular weight is 690 g/mol. The molecule has 264 valence electrons. The molecule has 12 nitrogen and oxygen atoms in total. The van der Waals surface area contributed by atoms with E-state index in [-0.39, 0.29) is 37.4 Å². The van der Waals surface area contributed by atoms with Gasteiger partial charge in [-0.3, -0.25) is 14.7 Å². The lowest BCUT2D eigenvalue weighted by Crippen LogP contribution is -2.53. The Bertz CT molecular complexity index is 1840. The molecule has 1 fully saturated rings. The van der Waals surface area contributed by atoms with Gasteiger partial charge in [0.2, 0.25) is 0 Å². The first kappa shape index (κ1) is 36.1. The van der Waals surface area contributed by atoms with Crippen molar-refractivity contribution in [3.05, 3.63) is 64.6 Å². The van der Waals surface area contributed by atoms with Gasteiger partial charge in [0, 0.05) is 37.1 Å². The Hall–Kier alpha value is -5.16. The molecule has 0 radical (unpaired) electrons. The predicted molar refractivity (Wildman–Crippen MR) is 182 cm³/mol. The number of nitrogens with one attached hydrogen (secondary N) is 2. The number of hydrogen-bond acceptors (Lipinski definition) is 10. The van der Waals surface area contributed by atoms with Gasteiger partial charge in [0.05, 0.1) is 54.1 Å². The molecule has 14 heteroatoms. The molecule has 0 spiro atoms. The number of amides is 2. The van der Waals surface area contributed by atoms with E-state index in [1.807, 2.05) is 34.6 Å². The van der Waals surface area contributed by atoms with E-state index in [0.29, 0.717) is 70.7 Å². The van der Waals surface area contributed by atoms with Crippen LogP contribution >= 0.6 is 0 Å². The van der Waals surface area contributed by atoms with E-state index < -0.39 is 35.3 Å². The molecule has 5 rings (SSSR count). The number of carbonyl (C=O) groups excluding carboxylic acids is 2. The summed E-state index contributed by atoms with van der Waals surface area (Å²) in [5.41, 5.74) is 1.79. The van der Waals surface area contributed by atoms with Crippen LogP contribution < -0.4 is 15.0 Å². The fourth-order valence-corrected chi connectivity index (χ4v) is 6.08. The maximum absolute atomic E-state index is 14.5. The molecule has 0 bridgehead atoms. The minimum Gasteiger partial charge on any atom is -0.482 e. The molecule has 2 aromatic heterocycles. The highest BCUT2D eigenvalue weighted by Crippen LogP contribution is 2.41. The van der Waals surface area contributed by atoms with Gasteiger partial charge in [-0.2, -0.15) is 5.26 Å². The molecule has 1 saturated heterocycles. The monoisotopic (exact) mass is 689 g/mol. The number of hydrogen-bond donors (Lipinski definition) is 2. The van der Waals surface area contributed by atoms with Crippen molar-refractivity contribution in [1.82, 2.24) is 14.9 Å². The van der Waals surface area contributed by atoms with Crippen molar-refractivity contribution in [3.8, 4) is 22.9 Å². The zero-order valence-electron chi connectivity index (χ0n) is 29.0. The first-order valence-electron chi connectivity index (χ1n) is 16.3. The summed E-state index contributed by atoms with van der Waals surface area (Å²) in [7, 11) is 1.57. The van der Waals surface area contributed by atoms with Gasteiger partial charge in [0.1, 0.15) is 34.9 Å². The summed E-state index contributed by atoms with van der Waals surface area (Å²) < 4.78 is 45.1. The van der Waals surface area contributed by atoms with Crippen LogP contribution in [0, 0.1) is 34.3 Å². The van der Waals surface area contributed by atoms with Crippen LogP contribution in [0.1, 0.15) is 63.6 Å². The number of pyridine rings is 2. The van der Waals surface area contributed by atoms with Crippen LogP contribution in [0.4, 0.5) is 25.1 Å². The molecule has 3 aromatic rings. The Kier molecular flexibility index (Phi) is 10.7. The standard InChI is InChI=1S/C36H41F2N7O5/c1-20(2)11-27-23(14-39)33(21-7-8-29-30(12-21)49-19-32(46)45(29)17-28-25(38)13-22(37)16-41-28)24(15-40)34(43-27)42-26-9-10-44(18-31(26)48-6)35(47)50-36(3,4)5/h7-8,12-13,15-16,20,26,31,40H,9-11,17-19H2,1-6H3,(H,42,43). The van der Waals surface area contributed by atoms with Crippen molar-refractivity contribution in [2.75, 3.05) is 37.0 Å². The maximum atomic E-state index is 14.5. The third-order valence-corrected chi connectivity index (χ3v) is 8.39. The number of fused-ring (bicyclic) bond motifs is 1. The number of benzene rings is 1. The van der Waals surface area contributed by atoms with E-state index in [2.05, 4.69) is 16.4 Å². The second-order valence-corrected chi connectivity index (χ2v) is 13.7. The van der Waals surface area contributed by atoms with Gasteiger partial charge in [-0.25, -0.2) is 18.6 Å². The van der Waals surface area contributed by atoms with E-state index >= 15 is 0 Å². The smallest absolute Gasteiger partial charge is 0.410 e. The first-order chi connectivity index (χ1) is 23.7. The van der Waals surface area contributed by atoms with Crippen molar-refractivity contribution in [3.63, 3.8) is 0 Å². The number of likely N-dealkylation sites (tertiary alicyclic amines) is 1. The third-order valence-electron chi connectivity index (χ3n) is 8.39. The lowest BCUT2D eigenvalue weighted by atomic mass is 9.91. The molecule has 0 saturated carbocycles. The van der Waals surface area contributed by atoms with E-state index in [9.17, 15) is 23.6 Å². The molecule has 0 aliphatic carbocycles. The number of nitrogens with zero attached hydrogens (tertiary/aromatic N) is 5. The van der Waals surface area contributed by atoms with E-state index in [4.69, 9.17) is 24.6 Å². The van der Waals surface area contributed by atoms with E-state index in [0.717, 1.165) is 12.4 Å². The molecular weight excluding hydrogens is 648 g/mol. The maximum Gasteiger partial charge on any atom is 0.410 e. The summed E-state index contributed by atoms with van der Waals surface area (Å²) in [5, 5.41) is 22.4. The Morgan fingerprint density at radius 1 is 1.26 bits per heavy atom. The van der Waals surface area contributed by atoms with Crippen LogP contribution in [0.5, 0.6) is 5.75 Å². The summed E-state index contributed by atoms with van der Waals surface area (Å²) in [4.78, 5) is 37.3. The van der Waals surface area contributed by atoms with Gasteiger partial charge in [0.25, 0.3) is 5.91 Å². The molecule has 2 atom stereocenters. The third kappa shape index (κ3) is 7.83. The molecule has 1 aromatic carbocycles. The number of rotatable bonds is 9. The second-order valence-electron chi connectivity index (χ2n) is 13.7.